The second-order valence-corrected chi connectivity index (χ2v) is 10.3. The molecule has 0 fully saturated rings. The molecule has 0 amide bonds. The van der Waals surface area contributed by atoms with Gasteiger partial charge in [0.1, 0.15) is 6.07 Å². The van der Waals surface area contributed by atoms with Crippen LogP contribution in [-0.4, -0.2) is 11.5 Å². The molecule has 0 saturated carbocycles. The lowest BCUT2D eigenvalue weighted by Gasteiger charge is -2.28. The van der Waals surface area contributed by atoms with Crippen molar-refractivity contribution in [3.8, 4) is 6.07 Å². The Balaban J connectivity index is 1.44. The average molecular weight is 514 g/mol. The number of fused-ring (bicyclic) bond motifs is 1. The van der Waals surface area contributed by atoms with E-state index in [2.05, 4.69) is 36.2 Å². The van der Waals surface area contributed by atoms with E-state index in [0.29, 0.717) is 11.1 Å². The first kappa shape index (κ1) is 29.2. The largest absolute Gasteiger partial charge is 0.347 e. The highest BCUT2D eigenvalue weighted by atomic mass is 16.6. The van der Waals surface area contributed by atoms with E-state index in [1.165, 1.54) is 95.6 Å². The van der Waals surface area contributed by atoms with Crippen LogP contribution in [-0.2, 0) is 0 Å². The standard InChI is InChI=1S/C33H43N3O2/c1-2-3-4-5-6-7-8-9-10-11-12-13-14-17-25-35-26-24-30(31-18-15-16-19-33(31)35)32(27-34)28-20-22-29(23-21-28)36(37)38/h15-16,18-24,26H,2-14,17,25H2,1H3/b32-30+. The van der Waals surface area contributed by atoms with Crippen molar-refractivity contribution in [3.05, 3.63) is 82.0 Å². The Morgan fingerprint density at radius 1 is 0.816 bits per heavy atom. The molecule has 0 spiro atoms. The van der Waals surface area contributed by atoms with Gasteiger partial charge in [0.2, 0.25) is 0 Å². The van der Waals surface area contributed by atoms with E-state index in [0.717, 1.165) is 29.8 Å². The summed E-state index contributed by atoms with van der Waals surface area (Å²) in [5.74, 6) is 0. The molecule has 1 aliphatic heterocycles. The average Bonchev–Trinajstić information content (AvgIpc) is 2.94. The van der Waals surface area contributed by atoms with Crippen LogP contribution in [0, 0.1) is 21.4 Å². The Morgan fingerprint density at radius 2 is 1.37 bits per heavy atom. The molecule has 38 heavy (non-hydrogen) atoms. The molecule has 0 unspecified atom stereocenters. The fourth-order valence-electron chi connectivity index (χ4n) is 5.21. The maximum Gasteiger partial charge on any atom is 0.269 e. The van der Waals surface area contributed by atoms with Crippen LogP contribution < -0.4 is 4.90 Å². The van der Waals surface area contributed by atoms with Gasteiger partial charge >= 0.3 is 0 Å². The lowest BCUT2D eigenvalue weighted by molar-refractivity contribution is -0.384. The molecule has 5 nitrogen and oxygen atoms in total. The minimum Gasteiger partial charge on any atom is -0.347 e. The number of hydrogen-bond donors (Lipinski definition) is 0. The van der Waals surface area contributed by atoms with E-state index in [-0.39, 0.29) is 5.69 Å². The minimum absolute atomic E-state index is 0.0231. The summed E-state index contributed by atoms with van der Waals surface area (Å²) in [6.07, 6.45) is 23.0. The van der Waals surface area contributed by atoms with Crippen molar-refractivity contribution < 1.29 is 4.92 Å². The number of unbranched alkanes of at least 4 members (excludes halogenated alkanes) is 13. The van der Waals surface area contributed by atoms with Gasteiger partial charge in [-0.25, -0.2) is 0 Å². The number of allylic oxidation sites excluding steroid dienone is 3. The van der Waals surface area contributed by atoms with Crippen molar-refractivity contribution in [1.29, 1.82) is 5.26 Å². The molecule has 0 atom stereocenters. The van der Waals surface area contributed by atoms with E-state index in [1.807, 2.05) is 18.2 Å². The van der Waals surface area contributed by atoms with Crippen molar-refractivity contribution in [2.45, 2.75) is 96.8 Å². The third kappa shape index (κ3) is 8.87. The first-order valence-electron chi connectivity index (χ1n) is 14.6. The lowest BCUT2D eigenvalue weighted by atomic mass is 9.92. The molecule has 2 aromatic rings. The van der Waals surface area contributed by atoms with Crippen LogP contribution in [0.2, 0.25) is 0 Å². The molecule has 0 aliphatic carbocycles. The smallest absolute Gasteiger partial charge is 0.269 e. The Labute approximate surface area is 229 Å². The molecule has 0 saturated heterocycles. The number of anilines is 1. The van der Waals surface area contributed by atoms with Crippen LogP contribution in [0.25, 0.3) is 11.1 Å². The van der Waals surface area contributed by atoms with Crippen LogP contribution in [0.15, 0.2) is 60.8 Å². The van der Waals surface area contributed by atoms with E-state index in [1.54, 1.807) is 12.1 Å². The predicted octanol–water partition coefficient (Wildman–Crippen LogP) is 9.84. The summed E-state index contributed by atoms with van der Waals surface area (Å²) in [6, 6.07) is 16.7. The molecule has 5 heteroatoms. The number of nitro groups is 1. The summed E-state index contributed by atoms with van der Waals surface area (Å²) < 4.78 is 0. The van der Waals surface area contributed by atoms with Gasteiger partial charge < -0.3 is 4.90 Å². The zero-order chi connectivity index (χ0) is 27.0. The van der Waals surface area contributed by atoms with Crippen LogP contribution in [0.3, 0.4) is 0 Å². The first-order chi connectivity index (χ1) is 18.7. The van der Waals surface area contributed by atoms with Gasteiger partial charge in [-0.2, -0.15) is 5.26 Å². The minimum atomic E-state index is -0.423. The molecule has 2 aromatic carbocycles. The summed E-state index contributed by atoms with van der Waals surface area (Å²) in [7, 11) is 0. The van der Waals surface area contributed by atoms with Crippen LogP contribution in [0.5, 0.6) is 0 Å². The summed E-state index contributed by atoms with van der Waals surface area (Å²) in [5.41, 5.74) is 4.22. The number of nitriles is 1. The van der Waals surface area contributed by atoms with Crippen LogP contribution in [0.4, 0.5) is 11.4 Å². The number of rotatable bonds is 17. The molecular weight excluding hydrogens is 470 g/mol. The highest BCUT2D eigenvalue weighted by Crippen LogP contribution is 2.37. The maximum absolute atomic E-state index is 11.0. The van der Waals surface area contributed by atoms with Crippen molar-refractivity contribution in [3.63, 3.8) is 0 Å². The zero-order valence-corrected chi connectivity index (χ0v) is 23.0. The Bertz CT molecular complexity index is 1110. The van der Waals surface area contributed by atoms with Crippen molar-refractivity contribution >= 4 is 22.5 Å². The zero-order valence-electron chi connectivity index (χ0n) is 23.0. The quantitative estimate of drug-likeness (QED) is 0.0913. The molecule has 202 valence electrons. The predicted molar refractivity (Wildman–Crippen MR) is 159 cm³/mol. The fourth-order valence-corrected chi connectivity index (χ4v) is 5.21. The van der Waals surface area contributed by atoms with Gasteiger partial charge in [-0.1, -0.05) is 109 Å². The Morgan fingerprint density at radius 3 is 1.92 bits per heavy atom. The number of benzene rings is 2. The third-order valence-electron chi connectivity index (χ3n) is 7.43. The van der Waals surface area contributed by atoms with Crippen LogP contribution >= 0.6 is 0 Å². The number of nitrogens with zero attached hydrogens (tertiary/aromatic N) is 3. The Kier molecular flexibility index (Phi) is 12.6. The maximum atomic E-state index is 11.0. The fraction of sp³-hybridized carbons (Fsp3) is 0.485. The summed E-state index contributed by atoms with van der Waals surface area (Å²) in [5, 5.41) is 21.0. The molecule has 0 radical (unpaired) electrons. The molecule has 3 rings (SSSR count). The number of para-hydroxylation sites is 1. The number of hydrogen-bond acceptors (Lipinski definition) is 4. The second-order valence-electron chi connectivity index (χ2n) is 10.3. The highest BCUT2D eigenvalue weighted by molar-refractivity contribution is 6.05. The van der Waals surface area contributed by atoms with Gasteiger partial charge in [0.15, 0.2) is 0 Å². The topological polar surface area (TPSA) is 70.2 Å². The lowest BCUT2D eigenvalue weighted by Crippen LogP contribution is -2.21. The molecule has 1 heterocycles. The normalized spacial score (nSPS) is 13.7. The van der Waals surface area contributed by atoms with E-state index < -0.39 is 4.92 Å². The molecule has 0 bridgehead atoms. The van der Waals surface area contributed by atoms with Crippen molar-refractivity contribution in [2.75, 3.05) is 11.4 Å². The summed E-state index contributed by atoms with van der Waals surface area (Å²) >= 11 is 0. The van der Waals surface area contributed by atoms with Crippen molar-refractivity contribution in [2.24, 2.45) is 0 Å². The van der Waals surface area contributed by atoms with Gasteiger partial charge in [-0.15, -0.1) is 0 Å². The van der Waals surface area contributed by atoms with Gasteiger partial charge in [0, 0.05) is 41.7 Å². The Hall–Kier alpha value is -3.39. The van der Waals surface area contributed by atoms with Crippen molar-refractivity contribution in [1.82, 2.24) is 0 Å². The first-order valence-corrected chi connectivity index (χ1v) is 14.6. The number of non-ortho nitro benzene ring substituents is 1. The van der Waals surface area contributed by atoms with Gasteiger partial charge in [-0.3, -0.25) is 10.1 Å². The van der Waals surface area contributed by atoms with Crippen LogP contribution in [0.1, 0.15) is 108 Å². The monoisotopic (exact) mass is 513 g/mol. The summed E-state index contributed by atoms with van der Waals surface area (Å²) in [4.78, 5) is 12.9. The van der Waals surface area contributed by atoms with Gasteiger partial charge in [0.25, 0.3) is 5.69 Å². The summed E-state index contributed by atoms with van der Waals surface area (Å²) in [6.45, 7) is 3.23. The van der Waals surface area contributed by atoms with Gasteiger partial charge in [0.05, 0.1) is 10.5 Å². The third-order valence-corrected chi connectivity index (χ3v) is 7.43. The molecule has 1 aliphatic rings. The van der Waals surface area contributed by atoms with E-state index in [4.69, 9.17) is 0 Å². The SMILES string of the molecule is CCCCCCCCCCCCCCCCN1C=C/C(=C(/C#N)c2ccc([N+](=O)[O-])cc2)c2ccccc21. The van der Waals surface area contributed by atoms with E-state index in [9.17, 15) is 15.4 Å². The van der Waals surface area contributed by atoms with Gasteiger partial charge in [-0.05, 0) is 36.3 Å². The molecule has 0 aromatic heterocycles. The molecule has 0 N–H and O–H groups in total. The molecular formula is C33H43N3O2. The number of nitro benzene ring substituents is 1. The van der Waals surface area contributed by atoms with E-state index >= 15 is 0 Å². The second kappa shape index (κ2) is 16.5. The highest BCUT2D eigenvalue weighted by Gasteiger charge is 2.20.